The number of carbonyl (C=O) groups is 15. The van der Waals surface area contributed by atoms with Gasteiger partial charge in [-0.25, -0.2) is 0 Å². The van der Waals surface area contributed by atoms with Crippen molar-refractivity contribution in [3.05, 3.63) is 36.0 Å². The minimum Gasteiger partial charge on any atom is -0.481 e. The van der Waals surface area contributed by atoms with E-state index in [0.29, 0.717) is 38.5 Å². The molecule has 2 rings (SSSR count). The molecule has 0 saturated carbocycles. The molecule has 0 bridgehead atoms. The maximum atomic E-state index is 14.2. The van der Waals surface area contributed by atoms with Gasteiger partial charge in [-0.05, 0) is 187 Å². The summed E-state index contributed by atoms with van der Waals surface area (Å²) in [5, 5.41) is 44.1. The van der Waals surface area contributed by atoms with E-state index in [-0.39, 0.29) is 94.5 Å². The average Bonchev–Trinajstić information content (AvgIpc) is 1.78. The lowest BCUT2D eigenvalue weighted by atomic mass is 10.0. The standard InChI is InChI=1S/C71H120N18O16/c1-37(2)32-55(69(103)77-40(7)46(13)90)87-62(96)44(11)78-65(99)51(24-16-19-29-72)83-60(94)42(9)81-70(104)56(33-38(3)4)88-63(97)45(12)79-66(100)52(25-17-20-30-73)84-61(95)43(10)82-71(105)57(34-39(5)6)89-68(102)53(26-18-21-31-74)85-59(93)41(8)80-67(101)54(27-28-58(91)92)86-64(98)49(75)35-47-36-76-50-23-15-14-22-48(47)50/h14-15,22-23,36-45,49,51-57,76H,16-21,24-35,72-75H2,1-13H3,(H,77,103)(H,78,99)(H,79,100)(H,80,101)(H,81,104)(H,82,105)(H,83,94)(H,84,95)(H,85,93)(H,86,98)(H,87,96)(H,88,97)(H,89,102)(H,91,92)/t40-,41-,42-,43-,44-,45-,49-,51-,52-,53-,54-,55-,56-,57-/m0/s1. The Kier molecular flexibility index (Phi) is 41.4. The number of aliphatic carboxylic acids is 1. The van der Waals surface area contributed by atoms with Gasteiger partial charge in [0.2, 0.25) is 76.8 Å². The van der Waals surface area contributed by atoms with E-state index < -0.39 is 174 Å². The predicted octanol–water partition coefficient (Wildman–Crippen LogP) is -1.56. The molecule has 0 saturated heterocycles. The molecule has 0 radical (unpaired) electrons. The van der Waals surface area contributed by atoms with E-state index in [4.69, 9.17) is 22.9 Å². The zero-order valence-electron chi connectivity index (χ0n) is 63.3. The molecule has 13 amide bonds. The van der Waals surface area contributed by atoms with Gasteiger partial charge in [-0.15, -0.1) is 0 Å². The normalized spacial score (nSPS) is 15.4. The number of nitrogens with two attached hydrogens (primary N) is 4. The molecule has 0 spiro atoms. The minimum atomic E-state index is -1.43. The number of fused-ring (bicyclic) bond motifs is 1. The molecule has 34 heteroatoms. The Morgan fingerprint density at radius 1 is 0.362 bits per heavy atom. The Morgan fingerprint density at radius 2 is 0.638 bits per heavy atom. The maximum Gasteiger partial charge on any atom is 0.303 e. The van der Waals surface area contributed by atoms with Gasteiger partial charge in [0.15, 0.2) is 5.78 Å². The van der Waals surface area contributed by atoms with Crippen molar-refractivity contribution in [1.29, 1.82) is 0 Å². The van der Waals surface area contributed by atoms with Crippen LogP contribution in [0.4, 0.5) is 0 Å². The number of rotatable bonds is 50. The second-order valence-corrected chi connectivity index (χ2v) is 28.3. The molecule has 0 unspecified atom stereocenters. The molecule has 0 aliphatic rings. The molecule has 2 aromatic rings. The van der Waals surface area contributed by atoms with Crippen molar-refractivity contribution in [1.82, 2.24) is 74.1 Å². The van der Waals surface area contributed by atoms with Gasteiger partial charge in [-0.2, -0.15) is 0 Å². The van der Waals surface area contributed by atoms with Crippen molar-refractivity contribution in [2.75, 3.05) is 19.6 Å². The van der Waals surface area contributed by atoms with E-state index in [0.717, 1.165) is 16.5 Å². The molecular formula is C71H120N18O16. The van der Waals surface area contributed by atoms with Crippen LogP contribution >= 0.6 is 0 Å². The zero-order valence-corrected chi connectivity index (χ0v) is 63.3. The highest BCUT2D eigenvalue weighted by atomic mass is 16.4. The van der Waals surface area contributed by atoms with Crippen molar-refractivity contribution in [3.63, 3.8) is 0 Å². The first-order valence-corrected chi connectivity index (χ1v) is 36.4. The van der Waals surface area contributed by atoms with Crippen LogP contribution in [0.1, 0.15) is 185 Å². The maximum absolute atomic E-state index is 14.2. The number of carbonyl (C=O) groups excluding carboxylic acids is 14. The Hall–Kier alpha value is -9.15. The quantitative estimate of drug-likeness (QED) is 0.0333. The summed E-state index contributed by atoms with van der Waals surface area (Å²) >= 11 is 0. The van der Waals surface area contributed by atoms with Crippen LogP contribution in [0.15, 0.2) is 30.5 Å². The highest BCUT2D eigenvalue weighted by Gasteiger charge is 2.36. The van der Waals surface area contributed by atoms with Crippen LogP contribution in [0.5, 0.6) is 0 Å². The summed E-state index contributed by atoms with van der Waals surface area (Å²) in [4.78, 5) is 205. The molecule has 0 aliphatic carbocycles. The lowest BCUT2D eigenvalue weighted by Crippen LogP contribution is -2.60. The summed E-state index contributed by atoms with van der Waals surface area (Å²) < 4.78 is 0. The molecule has 1 aromatic heterocycles. The SMILES string of the molecule is CC(=O)[C@H](C)NC(=O)[C@H](CC(C)C)NC(=O)[C@H](C)NC(=O)[C@H](CCCCN)NC(=O)[C@H](C)NC(=O)[C@H](CC(C)C)NC(=O)[C@H](C)NC(=O)[C@H](CCCCN)NC(=O)[C@H](C)NC(=O)[C@H](CC(C)C)NC(=O)[C@H](CCCCN)NC(=O)[C@H](C)NC(=O)[C@H](CCC(=O)O)NC(=O)[C@@H](N)Cc1c[nH]c2ccccc12. The summed E-state index contributed by atoms with van der Waals surface area (Å²) in [6, 6.07) is -9.86. The van der Waals surface area contributed by atoms with Crippen molar-refractivity contribution in [2.45, 2.75) is 271 Å². The van der Waals surface area contributed by atoms with Crippen molar-refractivity contribution >= 4 is 99.4 Å². The summed E-state index contributed by atoms with van der Waals surface area (Å²) in [5.41, 5.74) is 25.1. The van der Waals surface area contributed by atoms with Crippen LogP contribution < -0.4 is 92.1 Å². The zero-order chi connectivity index (χ0) is 79.4. The number of nitrogens with one attached hydrogen (secondary N) is 14. The number of para-hydroxylation sites is 1. The number of aromatic nitrogens is 1. The van der Waals surface area contributed by atoms with Crippen LogP contribution in [0.3, 0.4) is 0 Å². The highest BCUT2D eigenvalue weighted by molar-refractivity contribution is 6.00. The predicted molar refractivity (Wildman–Crippen MR) is 394 cm³/mol. The number of carboxylic acids is 1. The monoisotopic (exact) mass is 1480 g/mol. The van der Waals surface area contributed by atoms with Crippen LogP contribution in [0.25, 0.3) is 10.9 Å². The van der Waals surface area contributed by atoms with Crippen LogP contribution in [0, 0.1) is 17.8 Å². The average molecular weight is 1480 g/mol. The van der Waals surface area contributed by atoms with E-state index in [2.05, 4.69) is 74.1 Å². The van der Waals surface area contributed by atoms with Gasteiger partial charge >= 0.3 is 5.97 Å². The van der Waals surface area contributed by atoms with E-state index in [9.17, 15) is 77.0 Å². The number of Topliss-reactive ketones (excluding diaryl/α,β-unsaturated/α-hetero) is 1. The van der Waals surface area contributed by atoms with E-state index in [1.165, 1.54) is 48.5 Å². The van der Waals surface area contributed by atoms with Crippen molar-refractivity contribution in [3.8, 4) is 0 Å². The molecular weight excluding hydrogens is 1360 g/mol. The first-order valence-electron chi connectivity index (χ1n) is 36.4. The number of H-pyrrole nitrogens is 1. The molecule has 590 valence electrons. The third kappa shape index (κ3) is 34.1. The summed E-state index contributed by atoms with van der Waals surface area (Å²) in [7, 11) is 0. The minimum absolute atomic E-state index is 0.0307. The van der Waals surface area contributed by atoms with Crippen molar-refractivity contribution in [2.24, 2.45) is 40.7 Å². The lowest BCUT2D eigenvalue weighted by molar-refractivity contribution is -0.138. The number of aromatic amines is 1. The fourth-order valence-corrected chi connectivity index (χ4v) is 10.9. The number of unbranched alkanes of at least 4 members (excludes halogenated alkanes) is 3. The third-order valence-electron chi connectivity index (χ3n) is 17.2. The second-order valence-electron chi connectivity index (χ2n) is 28.3. The molecule has 0 fully saturated rings. The van der Waals surface area contributed by atoms with Gasteiger partial charge in [0, 0.05) is 23.5 Å². The number of carboxylic acid groups (broad SMARTS) is 1. The number of hydrogen-bond donors (Lipinski definition) is 19. The summed E-state index contributed by atoms with van der Waals surface area (Å²) in [6.45, 7) is 21.2. The van der Waals surface area contributed by atoms with Crippen LogP contribution in [-0.2, 0) is 78.3 Å². The molecule has 34 nitrogen and oxygen atoms in total. The van der Waals surface area contributed by atoms with E-state index in [1.54, 1.807) is 33.9 Å². The number of benzene rings is 1. The van der Waals surface area contributed by atoms with Gasteiger partial charge in [-0.1, -0.05) is 59.7 Å². The van der Waals surface area contributed by atoms with Crippen LogP contribution in [-0.4, -0.2) is 203 Å². The van der Waals surface area contributed by atoms with Gasteiger partial charge in [0.05, 0.1) is 12.1 Å². The van der Waals surface area contributed by atoms with Crippen LogP contribution in [0.2, 0.25) is 0 Å². The lowest BCUT2D eigenvalue weighted by Gasteiger charge is -2.27. The third-order valence-corrected chi connectivity index (χ3v) is 17.2. The van der Waals surface area contributed by atoms with Gasteiger partial charge in [-0.3, -0.25) is 71.9 Å². The molecule has 1 heterocycles. The van der Waals surface area contributed by atoms with Gasteiger partial charge in [0.25, 0.3) is 0 Å². The Bertz CT molecular complexity index is 3240. The Balaban J connectivity index is 2.21. The number of amides is 13. The molecule has 23 N–H and O–H groups in total. The summed E-state index contributed by atoms with van der Waals surface area (Å²) in [6.07, 6.45) is 3.82. The molecule has 0 aliphatic heterocycles. The topological polar surface area (TPSA) is 553 Å². The van der Waals surface area contributed by atoms with Crippen molar-refractivity contribution < 1.29 is 77.0 Å². The van der Waals surface area contributed by atoms with E-state index >= 15 is 0 Å². The first kappa shape index (κ1) is 91.9. The first-order chi connectivity index (χ1) is 49.3. The largest absolute Gasteiger partial charge is 0.481 e. The molecule has 1 aromatic carbocycles. The molecule has 105 heavy (non-hydrogen) atoms. The highest BCUT2D eigenvalue weighted by Crippen LogP contribution is 2.20. The second kappa shape index (κ2) is 47.3. The van der Waals surface area contributed by atoms with Gasteiger partial charge in [0.1, 0.15) is 72.5 Å². The summed E-state index contributed by atoms with van der Waals surface area (Å²) in [5.74, 6) is -12.1. The fraction of sp³-hybridized carbons (Fsp3) is 0.676. The van der Waals surface area contributed by atoms with E-state index in [1.807, 2.05) is 38.1 Å². The van der Waals surface area contributed by atoms with Gasteiger partial charge < -0.3 is 102 Å². The number of hydrogen-bond acceptors (Lipinski definition) is 19. The smallest absolute Gasteiger partial charge is 0.303 e. The molecule has 14 atom stereocenters. The number of ketones is 1. The Morgan fingerprint density at radius 3 is 0.952 bits per heavy atom. The Labute approximate surface area is 615 Å². The fourth-order valence-electron chi connectivity index (χ4n) is 10.9.